The second-order valence-electron chi connectivity index (χ2n) is 14.0. The molecular formula is C39H50N4O4. The van der Waals surface area contributed by atoms with Gasteiger partial charge in [-0.2, -0.15) is 0 Å². The van der Waals surface area contributed by atoms with Crippen molar-refractivity contribution in [3.8, 4) is 0 Å². The zero-order valence-corrected chi connectivity index (χ0v) is 29.0. The molecule has 5 atom stereocenters. The lowest BCUT2D eigenvalue weighted by Gasteiger charge is -2.26. The molecule has 2 aromatic heterocycles. The van der Waals surface area contributed by atoms with Crippen molar-refractivity contribution in [2.75, 3.05) is 6.61 Å². The monoisotopic (exact) mass is 638 g/mol. The summed E-state index contributed by atoms with van der Waals surface area (Å²) < 4.78 is 6.44. The van der Waals surface area contributed by atoms with E-state index in [0.717, 1.165) is 79.9 Å². The molecule has 1 aliphatic carbocycles. The number of unbranched alkanes of at least 4 members (excludes halogenated alkanes) is 3. The summed E-state index contributed by atoms with van der Waals surface area (Å²) in [5, 5.41) is 11.6. The Morgan fingerprint density at radius 3 is 2.57 bits per heavy atom. The summed E-state index contributed by atoms with van der Waals surface area (Å²) in [7, 11) is 0. The van der Waals surface area contributed by atoms with Crippen molar-refractivity contribution in [3.05, 3.63) is 61.2 Å². The number of aliphatic imine (C=N–C) groups is 2. The first-order valence-corrected chi connectivity index (χ1v) is 17.6. The van der Waals surface area contributed by atoms with E-state index in [0.29, 0.717) is 19.4 Å². The normalized spacial score (nSPS) is 26.4. The summed E-state index contributed by atoms with van der Waals surface area (Å²) in [5.74, 6) is -0.757. The van der Waals surface area contributed by atoms with E-state index in [1.54, 1.807) is 0 Å². The Hall–Kier alpha value is -3.78. The van der Waals surface area contributed by atoms with E-state index in [2.05, 4.69) is 69.7 Å². The molecule has 5 heterocycles. The van der Waals surface area contributed by atoms with Gasteiger partial charge in [-0.15, -0.1) is 0 Å². The molecule has 8 heteroatoms. The highest BCUT2D eigenvalue weighted by Crippen LogP contribution is 2.47. The highest BCUT2D eigenvalue weighted by atomic mass is 16.5. The Labute approximate surface area is 277 Å². The van der Waals surface area contributed by atoms with Crippen LogP contribution in [0.15, 0.2) is 26.8 Å². The number of hydrogen-bond acceptors (Lipinski definition) is 5. The lowest BCUT2D eigenvalue weighted by molar-refractivity contribution is -0.137. The highest BCUT2D eigenvalue weighted by Gasteiger charge is 2.46. The molecule has 3 unspecified atom stereocenters. The Balaban J connectivity index is 1.55. The highest BCUT2D eigenvalue weighted by molar-refractivity contribution is 6.23. The first kappa shape index (κ1) is 33.1. The first-order valence-electron chi connectivity index (χ1n) is 17.6. The fourth-order valence-corrected chi connectivity index (χ4v) is 8.35. The molecule has 0 saturated carbocycles. The van der Waals surface area contributed by atoms with E-state index >= 15 is 0 Å². The number of allylic oxidation sites excluding steroid dienone is 2. The van der Waals surface area contributed by atoms with Gasteiger partial charge >= 0.3 is 5.97 Å². The average Bonchev–Trinajstić information content (AvgIpc) is 3.78. The summed E-state index contributed by atoms with van der Waals surface area (Å²) >= 11 is 0. The number of fused-ring (bicyclic) bond motifs is 6. The lowest BCUT2D eigenvalue weighted by Crippen LogP contribution is -2.27. The number of carboxylic acids is 1. The van der Waals surface area contributed by atoms with Crippen LogP contribution in [0.3, 0.4) is 0 Å². The maximum atomic E-state index is 13.6. The van der Waals surface area contributed by atoms with Crippen LogP contribution >= 0.6 is 0 Å². The first-order chi connectivity index (χ1) is 22.5. The van der Waals surface area contributed by atoms with E-state index in [9.17, 15) is 14.7 Å². The van der Waals surface area contributed by atoms with Crippen LogP contribution in [0.2, 0.25) is 0 Å². The van der Waals surface area contributed by atoms with Gasteiger partial charge in [-0.25, -0.2) is 4.99 Å². The number of rotatable bonds is 11. The maximum Gasteiger partial charge on any atom is 0.303 e. The van der Waals surface area contributed by atoms with Crippen molar-refractivity contribution >= 4 is 41.4 Å². The Morgan fingerprint density at radius 2 is 1.85 bits per heavy atom. The number of Topliss-reactive ketones (excluding diaryl/α,β-unsaturated/α-hetero) is 1. The van der Waals surface area contributed by atoms with E-state index in [1.165, 1.54) is 24.8 Å². The molecule has 0 fully saturated rings. The van der Waals surface area contributed by atoms with E-state index in [-0.39, 0.29) is 42.1 Å². The van der Waals surface area contributed by atoms with Crippen molar-refractivity contribution < 1.29 is 19.4 Å². The molecule has 6 rings (SSSR count). The third-order valence-corrected chi connectivity index (χ3v) is 11.1. The van der Waals surface area contributed by atoms with Gasteiger partial charge in [0.1, 0.15) is 0 Å². The summed E-state index contributed by atoms with van der Waals surface area (Å²) in [6, 6.07) is -0.192. The SMILES string of the molecule is CCCCCCOC(C)c1c(C)/c2[nH]/c1=C\C1=NC(=C\c3[nH]c4c(c3C)C(=O)CC4C3N=C(/C=2)[C@@H](C)[C@@H]3CCC(=O)O)/C(CC)=C1C. The van der Waals surface area contributed by atoms with Gasteiger partial charge in [-0.05, 0) is 93.4 Å². The minimum atomic E-state index is -0.806. The van der Waals surface area contributed by atoms with Gasteiger partial charge in [0.2, 0.25) is 0 Å². The zero-order chi connectivity index (χ0) is 33.6. The number of aromatic nitrogens is 2. The van der Waals surface area contributed by atoms with Crippen molar-refractivity contribution in [1.29, 1.82) is 0 Å². The number of nitrogens with one attached hydrogen (secondary N) is 2. The number of hydrogen-bond donors (Lipinski definition) is 3. The van der Waals surface area contributed by atoms with Crippen LogP contribution in [0.5, 0.6) is 0 Å². The third-order valence-electron chi connectivity index (χ3n) is 11.1. The van der Waals surface area contributed by atoms with Crippen LogP contribution in [0.4, 0.5) is 0 Å². The number of ketones is 1. The number of aliphatic carboxylic acids is 1. The Kier molecular flexibility index (Phi) is 9.43. The van der Waals surface area contributed by atoms with Gasteiger partial charge in [0.25, 0.3) is 0 Å². The minimum absolute atomic E-state index is 0.00666. The molecule has 0 aromatic carbocycles. The molecule has 0 radical (unpaired) electrons. The van der Waals surface area contributed by atoms with Gasteiger partial charge in [0.05, 0.1) is 23.6 Å². The quantitative estimate of drug-likeness (QED) is 0.229. The standard InChI is InChI=1S/C39H50N4O4/c1-8-10-11-12-15-47-24(7)36-22(5)30-17-29-21(4)26(13-14-35(45)46)38(42-29)27-16-34(44)37-23(6)31(43-39(27)37)18-32-25(9-2)20(3)28(40-32)19-33(36)41-30/h17-19,21,24,26-27,38,41,43H,8-16H2,1-7H3,(H,45,46)/b30-17+,32-18-,33-19-/t21-,24?,26-,27?,38?/m0/s1. The Bertz CT molecular complexity index is 1850. The molecule has 47 heavy (non-hydrogen) atoms. The second kappa shape index (κ2) is 13.4. The topological polar surface area (TPSA) is 120 Å². The predicted octanol–water partition coefficient (Wildman–Crippen LogP) is 7.02. The number of carbonyl (C=O) groups excluding carboxylic acids is 1. The van der Waals surface area contributed by atoms with Crippen molar-refractivity contribution in [3.63, 3.8) is 0 Å². The van der Waals surface area contributed by atoms with Crippen molar-refractivity contribution in [2.45, 2.75) is 118 Å². The number of carbonyl (C=O) groups is 2. The van der Waals surface area contributed by atoms with Crippen molar-refractivity contribution in [2.24, 2.45) is 21.8 Å². The molecule has 3 aliphatic heterocycles. The molecular weight excluding hydrogens is 588 g/mol. The molecule has 2 aromatic rings. The molecule has 0 saturated heterocycles. The summed E-state index contributed by atoms with van der Waals surface area (Å²) in [4.78, 5) is 43.2. The van der Waals surface area contributed by atoms with Crippen LogP contribution in [0, 0.1) is 25.7 Å². The number of nitrogens with zero attached hydrogens (tertiary/aromatic N) is 2. The average molecular weight is 639 g/mol. The maximum absolute atomic E-state index is 13.6. The van der Waals surface area contributed by atoms with Gasteiger partial charge in [-0.1, -0.05) is 40.0 Å². The van der Waals surface area contributed by atoms with Crippen LogP contribution in [0.25, 0.3) is 18.2 Å². The van der Waals surface area contributed by atoms with Crippen LogP contribution in [-0.2, 0) is 9.53 Å². The van der Waals surface area contributed by atoms with Crippen LogP contribution in [-0.4, -0.2) is 50.9 Å². The van der Waals surface area contributed by atoms with Gasteiger partial charge in [0.15, 0.2) is 5.78 Å². The van der Waals surface area contributed by atoms with Crippen LogP contribution in [0.1, 0.15) is 136 Å². The fourth-order valence-electron chi connectivity index (χ4n) is 8.35. The van der Waals surface area contributed by atoms with Gasteiger partial charge < -0.3 is 19.8 Å². The largest absolute Gasteiger partial charge is 0.481 e. The number of ether oxygens (including phenoxy) is 1. The Morgan fingerprint density at radius 1 is 1.06 bits per heavy atom. The summed E-state index contributed by atoms with van der Waals surface area (Å²) in [6.45, 7) is 15.7. The van der Waals surface area contributed by atoms with Gasteiger partial charge in [0, 0.05) is 70.2 Å². The van der Waals surface area contributed by atoms with E-state index < -0.39 is 5.97 Å². The number of aromatic amines is 2. The molecule has 250 valence electrons. The molecule has 0 spiro atoms. The molecule has 0 amide bonds. The fraction of sp³-hybridized carbons (Fsp3) is 0.538. The van der Waals surface area contributed by atoms with E-state index in [4.69, 9.17) is 14.7 Å². The molecule has 8 bridgehead atoms. The molecule has 3 N–H and O–H groups in total. The summed E-state index contributed by atoms with van der Waals surface area (Å²) in [5.41, 5.74) is 11.0. The second-order valence-corrected chi connectivity index (χ2v) is 14.0. The van der Waals surface area contributed by atoms with Crippen LogP contribution < -0.4 is 10.7 Å². The predicted molar refractivity (Wildman–Crippen MR) is 189 cm³/mol. The molecule has 4 aliphatic rings. The zero-order valence-electron chi connectivity index (χ0n) is 29.0. The lowest BCUT2D eigenvalue weighted by atomic mass is 9.78. The number of carboxylic acid groups (broad SMARTS) is 1. The molecule has 8 nitrogen and oxygen atoms in total. The van der Waals surface area contributed by atoms with E-state index in [1.807, 2.05) is 6.92 Å². The third kappa shape index (κ3) is 6.05. The summed E-state index contributed by atoms with van der Waals surface area (Å²) in [6.07, 6.45) is 12.7. The van der Waals surface area contributed by atoms with Gasteiger partial charge in [-0.3, -0.25) is 14.6 Å². The number of H-pyrrole nitrogens is 2. The minimum Gasteiger partial charge on any atom is -0.481 e. The van der Waals surface area contributed by atoms with Crippen molar-refractivity contribution in [1.82, 2.24) is 9.97 Å². The smallest absolute Gasteiger partial charge is 0.303 e.